The van der Waals surface area contributed by atoms with Crippen LogP contribution in [0.2, 0.25) is 0 Å². The molecule has 0 atom stereocenters. The summed E-state index contributed by atoms with van der Waals surface area (Å²) in [6.07, 6.45) is 0. The minimum Gasteiger partial charge on any atom is -0.450 e. The van der Waals surface area contributed by atoms with Crippen LogP contribution >= 0.6 is 0 Å². The molecule has 94 valence electrons. The first-order chi connectivity index (χ1) is 8.63. The number of carbonyl (C=O) groups excluding carboxylic acids is 2. The Hall–Kier alpha value is -2.30. The molecule has 0 fully saturated rings. The standard InChI is InChI=1S/C13H13NO4/c1-8-9-5-3-4-6-10(9)18-12(8)13(16)17-7-11(15)14-2/h3-6H,7H2,1-2H3,(H,14,15). The highest BCUT2D eigenvalue weighted by molar-refractivity contribution is 5.96. The average molecular weight is 247 g/mol. The van der Waals surface area contributed by atoms with E-state index < -0.39 is 5.97 Å². The Labute approximate surface area is 104 Å². The number of esters is 1. The Morgan fingerprint density at radius 1 is 1.33 bits per heavy atom. The zero-order valence-corrected chi connectivity index (χ0v) is 10.1. The summed E-state index contributed by atoms with van der Waals surface area (Å²) in [5, 5.41) is 3.23. The van der Waals surface area contributed by atoms with Crippen molar-refractivity contribution in [3.63, 3.8) is 0 Å². The molecule has 1 heterocycles. The van der Waals surface area contributed by atoms with Crippen LogP contribution < -0.4 is 5.32 Å². The smallest absolute Gasteiger partial charge is 0.375 e. The summed E-state index contributed by atoms with van der Waals surface area (Å²) in [6.45, 7) is 1.47. The quantitative estimate of drug-likeness (QED) is 0.837. The molecule has 18 heavy (non-hydrogen) atoms. The predicted octanol–water partition coefficient (Wildman–Crippen LogP) is 1.64. The fraction of sp³-hybridized carbons (Fsp3) is 0.231. The Bertz CT molecular complexity index is 600. The zero-order valence-electron chi connectivity index (χ0n) is 10.1. The molecule has 0 saturated heterocycles. The van der Waals surface area contributed by atoms with E-state index in [4.69, 9.17) is 9.15 Å². The summed E-state index contributed by atoms with van der Waals surface area (Å²) in [5.41, 5.74) is 1.34. The van der Waals surface area contributed by atoms with Gasteiger partial charge in [-0.15, -0.1) is 0 Å². The number of rotatable bonds is 3. The topological polar surface area (TPSA) is 68.5 Å². The van der Waals surface area contributed by atoms with E-state index in [9.17, 15) is 9.59 Å². The number of aryl methyl sites for hydroxylation is 1. The van der Waals surface area contributed by atoms with Gasteiger partial charge >= 0.3 is 5.97 Å². The zero-order chi connectivity index (χ0) is 13.1. The minimum atomic E-state index is -0.632. The van der Waals surface area contributed by atoms with Gasteiger partial charge in [-0.25, -0.2) is 4.79 Å². The number of furan rings is 1. The molecule has 2 aromatic rings. The molecule has 5 nitrogen and oxygen atoms in total. The number of hydrogen-bond donors (Lipinski definition) is 1. The van der Waals surface area contributed by atoms with E-state index in [1.54, 1.807) is 13.0 Å². The van der Waals surface area contributed by atoms with E-state index in [1.165, 1.54) is 7.05 Å². The highest BCUT2D eigenvalue weighted by atomic mass is 16.5. The maximum atomic E-state index is 11.8. The summed E-state index contributed by atoms with van der Waals surface area (Å²) < 4.78 is 10.3. The molecule has 1 amide bonds. The molecular weight excluding hydrogens is 234 g/mol. The number of nitrogens with one attached hydrogen (secondary N) is 1. The number of carbonyl (C=O) groups is 2. The first-order valence-electron chi connectivity index (χ1n) is 5.49. The molecule has 5 heteroatoms. The molecule has 1 N–H and O–H groups in total. The summed E-state index contributed by atoms with van der Waals surface area (Å²) in [7, 11) is 1.47. The van der Waals surface area contributed by atoms with Crippen LogP contribution in [-0.2, 0) is 9.53 Å². The van der Waals surface area contributed by atoms with Gasteiger partial charge in [0, 0.05) is 18.0 Å². The molecular formula is C13H13NO4. The highest BCUT2D eigenvalue weighted by Crippen LogP contribution is 2.25. The second kappa shape index (κ2) is 4.91. The monoisotopic (exact) mass is 247 g/mol. The lowest BCUT2D eigenvalue weighted by molar-refractivity contribution is -0.123. The molecule has 1 aromatic heterocycles. The van der Waals surface area contributed by atoms with Crippen LogP contribution in [0.5, 0.6) is 0 Å². The maximum absolute atomic E-state index is 11.8. The van der Waals surface area contributed by atoms with Gasteiger partial charge in [0.05, 0.1) is 0 Å². The third kappa shape index (κ3) is 2.20. The normalized spacial score (nSPS) is 10.3. The van der Waals surface area contributed by atoms with Crippen molar-refractivity contribution in [2.75, 3.05) is 13.7 Å². The minimum absolute atomic E-state index is 0.139. The van der Waals surface area contributed by atoms with Gasteiger partial charge in [-0.3, -0.25) is 4.79 Å². The average Bonchev–Trinajstić information content (AvgIpc) is 2.73. The van der Waals surface area contributed by atoms with Crippen LogP contribution in [0, 0.1) is 6.92 Å². The number of hydrogen-bond acceptors (Lipinski definition) is 4. The first-order valence-corrected chi connectivity index (χ1v) is 5.49. The van der Waals surface area contributed by atoms with Gasteiger partial charge in [-0.2, -0.15) is 0 Å². The summed E-state index contributed by atoms with van der Waals surface area (Å²) >= 11 is 0. The van der Waals surface area contributed by atoms with E-state index in [2.05, 4.69) is 5.32 Å². The lowest BCUT2D eigenvalue weighted by atomic mass is 10.1. The lowest BCUT2D eigenvalue weighted by Gasteiger charge is -2.01. The van der Waals surface area contributed by atoms with Gasteiger partial charge in [-0.1, -0.05) is 18.2 Å². The maximum Gasteiger partial charge on any atom is 0.375 e. The molecule has 0 unspecified atom stereocenters. The Morgan fingerprint density at radius 2 is 2.06 bits per heavy atom. The van der Waals surface area contributed by atoms with Crippen LogP contribution in [0.4, 0.5) is 0 Å². The van der Waals surface area contributed by atoms with Crippen molar-refractivity contribution < 1.29 is 18.7 Å². The highest BCUT2D eigenvalue weighted by Gasteiger charge is 2.19. The SMILES string of the molecule is CNC(=O)COC(=O)c1oc2ccccc2c1C. The van der Waals surface area contributed by atoms with Gasteiger partial charge < -0.3 is 14.5 Å². The number of fused-ring (bicyclic) bond motifs is 1. The van der Waals surface area contributed by atoms with Crippen LogP contribution in [0.3, 0.4) is 0 Å². The first kappa shape index (κ1) is 12.2. The van der Waals surface area contributed by atoms with Gasteiger partial charge in [0.1, 0.15) is 5.58 Å². The molecule has 0 radical (unpaired) electrons. The molecule has 0 aliphatic carbocycles. The van der Waals surface area contributed by atoms with Gasteiger partial charge in [-0.05, 0) is 13.0 Å². The molecule has 0 aliphatic heterocycles. The van der Waals surface area contributed by atoms with Crippen LogP contribution in [-0.4, -0.2) is 25.5 Å². The van der Waals surface area contributed by atoms with Crippen molar-refractivity contribution in [3.8, 4) is 0 Å². The van der Waals surface area contributed by atoms with Crippen LogP contribution in [0.1, 0.15) is 16.1 Å². The lowest BCUT2D eigenvalue weighted by Crippen LogP contribution is -2.25. The predicted molar refractivity (Wildman–Crippen MR) is 65.3 cm³/mol. The molecule has 0 bridgehead atoms. The largest absolute Gasteiger partial charge is 0.450 e. The van der Waals surface area contributed by atoms with Crippen molar-refractivity contribution in [2.24, 2.45) is 0 Å². The van der Waals surface area contributed by atoms with Gasteiger partial charge in [0.25, 0.3) is 5.91 Å². The molecule has 1 aromatic carbocycles. The van der Waals surface area contributed by atoms with E-state index in [0.29, 0.717) is 11.1 Å². The van der Waals surface area contributed by atoms with Crippen LogP contribution in [0.15, 0.2) is 28.7 Å². The van der Waals surface area contributed by atoms with Gasteiger partial charge in [0.2, 0.25) is 5.76 Å². The van der Waals surface area contributed by atoms with Crippen LogP contribution in [0.25, 0.3) is 11.0 Å². The molecule has 0 aliphatic rings. The Balaban J connectivity index is 2.23. The summed E-state index contributed by atoms with van der Waals surface area (Å²) in [4.78, 5) is 22.7. The molecule has 0 spiro atoms. The van der Waals surface area contributed by atoms with E-state index in [1.807, 2.05) is 18.2 Å². The summed E-state index contributed by atoms with van der Waals surface area (Å²) in [6, 6.07) is 7.33. The molecule has 0 saturated carbocycles. The number of benzene rings is 1. The number of para-hydroxylation sites is 1. The fourth-order valence-corrected chi connectivity index (χ4v) is 1.64. The Morgan fingerprint density at radius 3 is 2.72 bits per heavy atom. The second-order valence-corrected chi connectivity index (χ2v) is 3.80. The van der Waals surface area contributed by atoms with E-state index in [-0.39, 0.29) is 18.3 Å². The summed E-state index contributed by atoms with van der Waals surface area (Å²) in [5.74, 6) is -0.857. The third-order valence-electron chi connectivity index (χ3n) is 2.64. The fourth-order valence-electron chi connectivity index (χ4n) is 1.64. The number of amides is 1. The van der Waals surface area contributed by atoms with Crippen molar-refractivity contribution in [1.82, 2.24) is 5.32 Å². The van der Waals surface area contributed by atoms with Crippen molar-refractivity contribution in [3.05, 3.63) is 35.6 Å². The van der Waals surface area contributed by atoms with Crippen molar-refractivity contribution >= 4 is 22.8 Å². The van der Waals surface area contributed by atoms with Crippen molar-refractivity contribution in [1.29, 1.82) is 0 Å². The van der Waals surface area contributed by atoms with Crippen molar-refractivity contribution in [2.45, 2.75) is 6.92 Å². The Kier molecular flexibility index (Phi) is 3.32. The number of ether oxygens (including phenoxy) is 1. The van der Waals surface area contributed by atoms with Gasteiger partial charge in [0.15, 0.2) is 6.61 Å². The van der Waals surface area contributed by atoms with E-state index >= 15 is 0 Å². The third-order valence-corrected chi connectivity index (χ3v) is 2.64. The second-order valence-electron chi connectivity index (χ2n) is 3.80. The number of likely N-dealkylation sites (N-methyl/N-ethyl adjacent to an activating group) is 1. The molecule has 2 rings (SSSR count). The van der Waals surface area contributed by atoms with E-state index in [0.717, 1.165) is 5.39 Å².